The molecule has 4 atom stereocenters. The molecule has 0 spiro atoms. The summed E-state index contributed by atoms with van der Waals surface area (Å²) in [5.41, 5.74) is 0. The number of carbonyl (C=O) groups excluding carboxylic acids is 4. The van der Waals surface area contributed by atoms with Gasteiger partial charge in [0.2, 0.25) is 17.7 Å². The van der Waals surface area contributed by atoms with Gasteiger partial charge in [-0.3, -0.25) is 19.2 Å². The van der Waals surface area contributed by atoms with Gasteiger partial charge in [0.15, 0.2) is 0 Å². The zero-order valence-electron chi connectivity index (χ0n) is 25.6. The fourth-order valence-corrected chi connectivity index (χ4v) is 2.20. The first-order valence-corrected chi connectivity index (χ1v) is 13.6. The van der Waals surface area contributed by atoms with Crippen LogP contribution < -0.4 is 16.0 Å². The Morgan fingerprint density at radius 3 is 1.06 bits per heavy atom. The SMILES string of the molecule is CC.CC.CC.CC.CC.CC.CC1C(=O)CCNC(=O)C1C.CC1C(=O)NCNC(=O)C1C. The third-order valence-corrected chi connectivity index (χ3v) is 4.44. The van der Waals surface area contributed by atoms with Crippen LogP contribution in [0.25, 0.3) is 0 Å². The zero-order chi connectivity index (χ0) is 28.9. The van der Waals surface area contributed by atoms with E-state index in [4.69, 9.17) is 0 Å². The van der Waals surface area contributed by atoms with Crippen LogP contribution in [0.4, 0.5) is 0 Å². The molecule has 7 heteroatoms. The Hall–Kier alpha value is -1.92. The van der Waals surface area contributed by atoms with Crippen LogP contribution in [0.5, 0.6) is 0 Å². The molecule has 2 fully saturated rings. The Morgan fingerprint density at radius 1 is 0.471 bits per heavy atom. The first-order valence-electron chi connectivity index (χ1n) is 13.6. The Balaban J connectivity index is -0.0000000801. The van der Waals surface area contributed by atoms with Crippen LogP contribution in [-0.2, 0) is 19.2 Å². The van der Waals surface area contributed by atoms with Crippen molar-refractivity contribution in [3.63, 3.8) is 0 Å². The Labute approximate surface area is 213 Å². The molecule has 3 N–H and O–H groups in total. The van der Waals surface area contributed by atoms with Gasteiger partial charge in [0.05, 0.1) is 6.67 Å². The van der Waals surface area contributed by atoms with Crippen molar-refractivity contribution in [3.8, 4) is 0 Å². The number of hydrogen-bond donors (Lipinski definition) is 3. The fourth-order valence-electron chi connectivity index (χ4n) is 2.20. The van der Waals surface area contributed by atoms with Crippen LogP contribution in [0, 0.1) is 23.7 Å². The summed E-state index contributed by atoms with van der Waals surface area (Å²) in [5, 5.41) is 7.86. The first kappa shape index (κ1) is 45.6. The number of hydrogen-bond acceptors (Lipinski definition) is 4. The number of amides is 3. The van der Waals surface area contributed by atoms with Crippen LogP contribution in [0.15, 0.2) is 0 Å². The Morgan fingerprint density at radius 2 is 0.735 bits per heavy atom. The van der Waals surface area contributed by atoms with Gasteiger partial charge in [0, 0.05) is 36.6 Å². The molecule has 0 aromatic carbocycles. The van der Waals surface area contributed by atoms with E-state index in [-0.39, 0.29) is 53.8 Å². The molecule has 34 heavy (non-hydrogen) atoms. The molecule has 7 nitrogen and oxygen atoms in total. The molecule has 0 aromatic heterocycles. The standard InChI is InChI=1S/C8H13NO2.C7H12N2O2.6C2H6/c1-5-6(2)8(11)9-4-3-7(5)10;1-4-5(2)7(11)9-3-8-6(4)10;6*1-2/h5-6H,3-4H2,1-2H3,(H,9,11);4-5H,3H2,1-2H3,(H,8,10)(H,9,11);6*1-2H3. The van der Waals surface area contributed by atoms with E-state index < -0.39 is 0 Å². The van der Waals surface area contributed by atoms with Crippen LogP contribution in [-0.4, -0.2) is 36.7 Å². The number of carbonyl (C=O) groups is 4. The van der Waals surface area contributed by atoms with Crippen LogP contribution >= 0.6 is 0 Å². The van der Waals surface area contributed by atoms with Gasteiger partial charge in [-0.2, -0.15) is 0 Å². The maximum absolute atomic E-state index is 11.2. The van der Waals surface area contributed by atoms with E-state index >= 15 is 0 Å². The molecule has 2 aliphatic rings. The van der Waals surface area contributed by atoms with E-state index in [9.17, 15) is 19.2 Å². The number of Topliss-reactive ketones (excluding diaryl/α,β-unsaturated/α-hetero) is 1. The fraction of sp³-hybridized carbons (Fsp3) is 0.852. The van der Waals surface area contributed by atoms with Crippen molar-refractivity contribution in [2.24, 2.45) is 23.7 Å². The summed E-state index contributed by atoms with van der Waals surface area (Å²) in [7, 11) is 0. The molecule has 0 aliphatic carbocycles. The largest absolute Gasteiger partial charge is 0.355 e. The van der Waals surface area contributed by atoms with Crippen LogP contribution in [0.3, 0.4) is 0 Å². The Kier molecular flexibility index (Phi) is 47.8. The molecule has 2 heterocycles. The van der Waals surface area contributed by atoms with Gasteiger partial charge in [-0.1, -0.05) is 111 Å². The second-order valence-electron chi connectivity index (χ2n) is 5.92. The summed E-state index contributed by atoms with van der Waals surface area (Å²) in [6.45, 7) is 31.9. The minimum Gasteiger partial charge on any atom is -0.355 e. The lowest BCUT2D eigenvalue weighted by atomic mass is 9.91. The topological polar surface area (TPSA) is 104 Å². The molecule has 0 aromatic rings. The van der Waals surface area contributed by atoms with E-state index in [1.54, 1.807) is 20.8 Å². The molecular formula is C27H61N3O4. The third-order valence-electron chi connectivity index (χ3n) is 4.44. The van der Waals surface area contributed by atoms with Gasteiger partial charge in [0.25, 0.3) is 0 Å². The van der Waals surface area contributed by atoms with Gasteiger partial charge in [-0.25, -0.2) is 0 Å². The third kappa shape index (κ3) is 21.9. The van der Waals surface area contributed by atoms with E-state index in [0.717, 1.165) is 0 Å². The quantitative estimate of drug-likeness (QED) is 0.388. The average molecular weight is 492 g/mol. The lowest BCUT2D eigenvalue weighted by Crippen LogP contribution is -2.33. The van der Waals surface area contributed by atoms with Gasteiger partial charge in [-0.05, 0) is 0 Å². The zero-order valence-corrected chi connectivity index (χ0v) is 25.6. The van der Waals surface area contributed by atoms with Crippen LogP contribution in [0.2, 0.25) is 0 Å². The smallest absolute Gasteiger partial charge is 0.224 e. The maximum atomic E-state index is 11.2. The summed E-state index contributed by atoms with van der Waals surface area (Å²) in [6, 6.07) is 0. The highest BCUT2D eigenvalue weighted by Gasteiger charge is 2.29. The van der Waals surface area contributed by atoms with E-state index in [0.29, 0.717) is 13.0 Å². The highest BCUT2D eigenvalue weighted by Crippen LogP contribution is 2.16. The highest BCUT2D eigenvalue weighted by molar-refractivity contribution is 5.90. The summed E-state index contributed by atoms with van der Waals surface area (Å²) >= 11 is 0. The van der Waals surface area contributed by atoms with E-state index in [2.05, 4.69) is 16.0 Å². The first-order chi connectivity index (χ1) is 16.3. The minimum absolute atomic E-state index is 0.00310. The molecule has 208 valence electrons. The molecule has 2 saturated heterocycles. The van der Waals surface area contributed by atoms with E-state index in [1.165, 1.54) is 0 Å². The molecule has 0 saturated carbocycles. The predicted octanol–water partition coefficient (Wildman–Crippen LogP) is 5.97. The summed E-state index contributed by atoms with van der Waals surface area (Å²) in [5.74, 6) is -0.650. The molecule has 2 aliphatic heterocycles. The van der Waals surface area contributed by atoms with Gasteiger partial charge in [0.1, 0.15) is 5.78 Å². The average Bonchev–Trinajstić information content (AvgIpc) is 3.10. The van der Waals surface area contributed by atoms with Crippen molar-refractivity contribution in [2.75, 3.05) is 13.2 Å². The lowest BCUT2D eigenvalue weighted by molar-refractivity contribution is -0.130. The maximum Gasteiger partial charge on any atom is 0.224 e. The Bertz CT molecular complexity index is 387. The summed E-state index contributed by atoms with van der Waals surface area (Å²) in [4.78, 5) is 44.4. The molecule has 3 amide bonds. The van der Waals surface area contributed by atoms with Gasteiger partial charge in [-0.15, -0.1) is 0 Å². The molecule has 0 bridgehead atoms. The highest BCUT2D eigenvalue weighted by atomic mass is 16.2. The van der Waals surface area contributed by atoms with Crippen molar-refractivity contribution in [1.29, 1.82) is 0 Å². The molecule has 4 unspecified atom stereocenters. The number of nitrogens with one attached hydrogen (secondary N) is 3. The van der Waals surface area contributed by atoms with Crippen molar-refractivity contribution in [3.05, 3.63) is 0 Å². The summed E-state index contributed by atoms with van der Waals surface area (Å²) in [6.07, 6.45) is 0.483. The second kappa shape index (κ2) is 35.7. The van der Waals surface area contributed by atoms with Crippen LogP contribution in [0.1, 0.15) is 117 Å². The predicted molar refractivity (Wildman–Crippen MR) is 149 cm³/mol. The molecule has 2 rings (SSSR count). The molecule has 0 radical (unpaired) electrons. The number of rotatable bonds is 0. The van der Waals surface area contributed by atoms with Gasteiger partial charge < -0.3 is 16.0 Å². The van der Waals surface area contributed by atoms with Gasteiger partial charge >= 0.3 is 0 Å². The van der Waals surface area contributed by atoms with Crippen molar-refractivity contribution in [1.82, 2.24) is 16.0 Å². The number of ketones is 1. The monoisotopic (exact) mass is 491 g/mol. The minimum atomic E-state index is -0.225. The van der Waals surface area contributed by atoms with E-state index in [1.807, 2.05) is 90.0 Å². The van der Waals surface area contributed by atoms with Crippen molar-refractivity contribution < 1.29 is 19.2 Å². The lowest BCUT2D eigenvalue weighted by Gasteiger charge is -2.12. The second-order valence-corrected chi connectivity index (χ2v) is 5.92. The van der Waals surface area contributed by atoms with Crippen molar-refractivity contribution >= 4 is 23.5 Å². The molecular weight excluding hydrogens is 430 g/mol. The normalized spacial score (nSPS) is 22.1. The summed E-state index contributed by atoms with van der Waals surface area (Å²) < 4.78 is 0. The van der Waals surface area contributed by atoms with Crippen molar-refractivity contribution in [2.45, 2.75) is 117 Å².